The summed E-state index contributed by atoms with van der Waals surface area (Å²) in [6.45, 7) is 1.91. The Balaban J connectivity index is 1.72. The van der Waals surface area contributed by atoms with E-state index in [0.717, 1.165) is 21.4 Å². The molecule has 2 aromatic carbocycles. The molecular formula is C20H22BrN3O3S3. The summed E-state index contributed by atoms with van der Waals surface area (Å²) in [6.07, 6.45) is 2.52. The number of nitrogens with one attached hydrogen (secondary N) is 1. The predicted octanol–water partition coefficient (Wildman–Crippen LogP) is 5.21. The third-order valence-corrected chi connectivity index (χ3v) is 7.78. The molecule has 0 bridgehead atoms. The van der Waals surface area contributed by atoms with Gasteiger partial charge in [0.1, 0.15) is 6.04 Å². The van der Waals surface area contributed by atoms with Crippen molar-refractivity contribution in [3.8, 4) is 0 Å². The minimum atomic E-state index is -3.70. The molecule has 0 spiro atoms. The molecule has 0 aliphatic rings. The Morgan fingerprint density at radius 2 is 1.80 bits per heavy atom. The number of nitrogens with zero attached hydrogens (tertiary/aromatic N) is 2. The summed E-state index contributed by atoms with van der Waals surface area (Å²) in [5.41, 5.74) is 2.12. The largest absolute Gasteiger partial charge is 0.414 e. The molecule has 0 fully saturated rings. The summed E-state index contributed by atoms with van der Waals surface area (Å²) >= 11 is 6.47. The van der Waals surface area contributed by atoms with Crippen LogP contribution in [0.1, 0.15) is 29.5 Å². The first kappa shape index (κ1) is 23.3. The molecule has 6 nitrogen and oxygen atoms in total. The van der Waals surface area contributed by atoms with Gasteiger partial charge < -0.3 is 4.42 Å². The fourth-order valence-corrected chi connectivity index (χ4v) is 5.27. The lowest BCUT2D eigenvalue weighted by molar-refractivity contribution is 0.371. The maximum atomic E-state index is 12.8. The first-order valence-electron chi connectivity index (χ1n) is 9.16. The van der Waals surface area contributed by atoms with Gasteiger partial charge in [0.25, 0.3) is 5.22 Å². The van der Waals surface area contributed by atoms with E-state index in [1.54, 1.807) is 36.0 Å². The molecule has 0 amide bonds. The van der Waals surface area contributed by atoms with Gasteiger partial charge >= 0.3 is 0 Å². The zero-order chi connectivity index (χ0) is 21.6. The Bertz CT molecular complexity index is 1050. The van der Waals surface area contributed by atoms with Crippen LogP contribution in [0.2, 0.25) is 0 Å². The van der Waals surface area contributed by atoms with Crippen LogP contribution < -0.4 is 4.72 Å². The normalized spacial score (nSPS) is 12.8. The smallest absolute Gasteiger partial charge is 0.276 e. The highest BCUT2D eigenvalue weighted by Crippen LogP contribution is 2.27. The number of thioether (sulfide) groups is 2. The van der Waals surface area contributed by atoms with Gasteiger partial charge in [-0.2, -0.15) is 16.5 Å². The van der Waals surface area contributed by atoms with E-state index < -0.39 is 16.1 Å². The average molecular weight is 529 g/mol. The van der Waals surface area contributed by atoms with Gasteiger partial charge in [0, 0.05) is 10.2 Å². The SMILES string of the molecule is CSCCC(NS(=O)(=O)c1ccc(C)cc1)c1nnc(SCc2ccc(Br)cc2)o1. The molecule has 160 valence electrons. The van der Waals surface area contributed by atoms with Crippen molar-refractivity contribution in [2.75, 3.05) is 12.0 Å². The lowest BCUT2D eigenvalue weighted by atomic mass is 10.2. The van der Waals surface area contributed by atoms with Crippen molar-refractivity contribution in [2.45, 2.75) is 35.3 Å². The lowest BCUT2D eigenvalue weighted by Crippen LogP contribution is -2.29. The molecule has 3 rings (SSSR count). The number of halogens is 1. The van der Waals surface area contributed by atoms with E-state index in [-0.39, 0.29) is 10.8 Å². The average Bonchev–Trinajstić information content (AvgIpc) is 3.20. The first-order valence-corrected chi connectivity index (χ1v) is 13.8. The molecule has 0 aliphatic carbocycles. The van der Waals surface area contributed by atoms with E-state index in [9.17, 15) is 8.42 Å². The maximum absolute atomic E-state index is 12.8. The van der Waals surface area contributed by atoms with Gasteiger partial charge in [-0.3, -0.25) is 0 Å². The third-order valence-electron chi connectivity index (χ3n) is 4.24. The summed E-state index contributed by atoms with van der Waals surface area (Å²) in [7, 11) is -3.70. The monoisotopic (exact) mass is 527 g/mol. The number of aromatic nitrogens is 2. The van der Waals surface area contributed by atoms with Gasteiger partial charge in [-0.25, -0.2) is 8.42 Å². The van der Waals surface area contributed by atoms with Crippen LogP contribution in [-0.2, 0) is 15.8 Å². The molecular weight excluding hydrogens is 506 g/mol. The maximum Gasteiger partial charge on any atom is 0.276 e. The second-order valence-electron chi connectivity index (χ2n) is 6.59. The van der Waals surface area contributed by atoms with Crippen LogP contribution in [0.25, 0.3) is 0 Å². The fourth-order valence-electron chi connectivity index (χ4n) is 2.59. The van der Waals surface area contributed by atoms with E-state index in [4.69, 9.17) is 4.42 Å². The zero-order valence-electron chi connectivity index (χ0n) is 16.5. The third kappa shape index (κ3) is 6.58. The molecule has 1 N–H and O–H groups in total. The van der Waals surface area contributed by atoms with Crippen molar-refractivity contribution in [1.29, 1.82) is 0 Å². The van der Waals surface area contributed by atoms with E-state index in [0.29, 0.717) is 17.4 Å². The first-order chi connectivity index (χ1) is 14.4. The molecule has 0 aliphatic heterocycles. The van der Waals surface area contributed by atoms with Crippen LogP contribution >= 0.6 is 39.5 Å². The summed E-state index contributed by atoms with van der Waals surface area (Å²) in [5, 5.41) is 8.61. The Kier molecular flexibility index (Phi) is 8.41. The van der Waals surface area contributed by atoms with Gasteiger partial charge in [-0.1, -0.05) is 57.5 Å². The number of hydrogen-bond acceptors (Lipinski definition) is 7. The number of rotatable bonds is 10. The fraction of sp³-hybridized carbons (Fsp3) is 0.300. The highest BCUT2D eigenvalue weighted by molar-refractivity contribution is 9.10. The predicted molar refractivity (Wildman–Crippen MR) is 125 cm³/mol. The zero-order valence-corrected chi connectivity index (χ0v) is 20.6. The van der Waals surface area contributed by atoms with Gasteiger partial charge in [-0.05, 0) is 55.2 Å². The highest BCUT2D eigenvalue weighted by Gasteiger charge is 2.25. The molecule has 10 heteroatoms. The van der Waals surface area contributed by atoms with Crippen LogP contribution in [0, 0.1) is 6.92 Å². The van der Waals surface area contributed by atoms with Crippen molar-refractivity contribution in [2.24, 2.45) is 0 Å². The van der Waals surface area contributed by atoms with E-state index in [1.165, 1.54) is 11.8 Å². The van der Waals surface area contributed by atoms with E-state index in [2.05, 4.69) is 30.8 Å². The number of sulfonamides is 1. The van der Waals surface area contributed by atoms with Crippen LogP contribution in [-0.4, -0.2) is 30.6 Å². The molecule has 30 heavy (non-hydrogen) atoms. The lowest BCUT2D eigenvalue weighted by Gasteiger charge is -2.15. The minimum absolute atomic E-state index is 0.214. The molecule has 1 aromatic heterocycles. The molecule has 1 atom stereocenters. The van der Waals surface area contributed by atoms with E-state index in [1.807, 2.05) is 37.4 Å². The molecule has 0 saturated heterocycles. The Morgan fingerprint density at radius 3 is 2.47 bits per heavy atom. The van der Waals surface area contributed by atoms with Crippen molar-refractivity contribution in [3.05, 3.63) is 70.0 Å². The van der Waals surface area contributed by atoms with Crippen molar-refractivity contribution < 1.29 is 12.8 Å². The van der Waals surface area contributed by atoms with Gasteiger partial charge in [0.15, 0.2) is 0 Å². The second kappa shape index (κ2) is 10.8. The highest BCUT2D eigenvalue weighted by atomic mass is 79.9. The minimum Gasteiger partial charge on any atom is -0.414 e. The van der Waals surface area contributed by atoms with Crippen LogP contribution in [0.15, 0.2) is 67.5 Å². The Labute approximate surface area is 193 Å². The summed E-state index contributed by atoms with van der Waals surface area (Å²) in [6, 6.07) is 14.1. The molecule has 1 heterocycles. The van der Waals surface area contributed by atoms with E-state index >= 15 is 0 Å². The topological polar surface area (TPSA) is 85.1 Å². The quantitative estimate of drug-likeness (QED) is 0.362. The molecule has 3 aromatic rings. The van der Waals surface area contributed by atoms with Crippen molar-refractivity contribution in [3.63, 3.8) is 0 Å². The Hall–Kier alpha value is -1.33. The standard InChI is InChI=1S/C20H22BrN3O3S3/c1-14-3-9-17(10-4-14)30(25,26)24-18(11-12-28-2)19-22-23-20(27-19)29-13-15-5-7-16(21)8-6-15/h3-10,18,24H,11-13H2,1-2H3. The van der Waals surface area contributed by atoms with Gasteiger partial charge in [0.05, 0.1) is 4.90 Å². The Morgan fingerprint density at radius 1 is 1.10 bits per heavy atom. The van der Waals surface area contributed by atoms with Crippen LogP contribution in [0.4, 0.5) is 0 Å². The van der Waals surface area contributed by atoms with Crippen molar-refractivity contribution >= 4 is 49.5 Å². The van der Waals surface area contributed by atoms with Gasteiger partial charge in [0.2, 0.25) is 15.9 Å². The van der Waals surface area contributed by atoms with Gasteiger partial charge in [-0.15, -0.1) is 10.2 Å². The number of aryl methyl sites for hydroxylation is 1. The molecule has 0 radical (unpaired) electrons. The second-order valence-corrected chi connectivity index (χ2v) is 11.1. The summed E-state index contributed by atoms with van der Waals surface area (Å²) < 4.78 is 35.2. The summed E-state index contributed by atoms with van der Waals surface area (Å²) in [4.78, 5) is 0.214. The van der Waals surface area contributed by atoms with Crippen LogP contribution in [0.3, 0.4) is 0 Å². The van der Waals surface area contributed by atoms with Crippen molar-refractivity contribution in [1.82, 2.24) is 14.9 Å². The molecule has 0 saturated carbocycles. The number of hydrogen-bond donors (Lipinski definition) is 1. The summed E-state index contributed by atoms with van der Waals surface area (Å²) in [5.74, 6) is 1.71. The number of benzene rings is 2. The van der Waals surface area contributed by atoms with Crippen LogP contribution in [0.5, 0.6) is 0 Å². The molecule has 1 unspecified atom stereocenters.